The highest BCUT2D eigenvalue weighted by molar-refractivity contribution is 7.16. The van der Waals surface area contributed by atoms with E-state index in [0.717, 1.165) is 55.5 Å². The molecule has 1 aromatic carbocycles. The predicted molar refractivity (Wildman–Crippen MR) is 92.5 cm³/mol. The van der Waals surface area contributed by atoms with Crippen molar-refractivity contribution < 1.29 is 13.6 Å². The van der Waals surface area contributed by atoms with Gasteiger partial charge in [0.15, 0.2) is 0 Å². The summed E-state index contributed by atoms with van der Waals surface area (Å²) in [7, 11) is 0. The van der Waals surface area contributed by atoms with Crippen LogP contribution >= 0.6 is 11.3 Å². The Morgan fingerprint density at radius 3 is 2.80 bits per heavy atom. The lowest BCUT2D eigenvalue weighted by Crippen LogP contribution is -2.62. The molecule has 0 radical (unpaired) electrons. The fourth-order valence-corrected chi connectivity index (χ4v) is 4.77. The average Bonchev–Trinajstić information content (AvgIpc) is 3.10. The molecule has 2 bridgehead atoms. The van der Waals surface area contributed by atoms with Crippen LogP contribution in [-0.2, 0) is 0 Å². The van der Waals surface area contributed by atoms with Crippen molar-refractivity contribution in [2.45, 2.75) is 31.8 Å². The van der Waals surface area contributed by atoms with Crippen LogP contribution in [0.3, 0.4) is 0 Å². The molecule has 0 spiro atoms. The van der Waals surface area contributed by atoms with Gasteiger partial charge in [-0.15, -0.1) is 11.3 Å². The second-order valence-corrected chi connectivity index (χ2v) is 7.80. The third kappa shape index (κ3) is 3.06. The van der Waals surface area contributed by atoms with Gasteiger partial charge in [0.2, 0.25) is 0 Å². The number of hydrogen-bond acceptors (Lipinski definition) is 4. The lowest BCUT2D eigenvalue weighted by Gasteiger charge is -2.49. The Kier molecular flexibility index (Phi) is 4.29. The minimum absolute atomic E-state index is 0.0836. The Labute approximate surface area is 148 Å². The van der Waals surface area contributed by atoms with E-state index in [-0.39, 0.29) is 17.5 Å². The van der Waals surface area contributed by atoms with Crippen LogP contribution in [-0.4, -0.2) is 41.0 Å². The van der Waals surface area contributed by atoms with Crippen LogP contribution in [0.25, 0.3) is 10.6 Å². The van der Waals surface area contributed by atoms with Crippen LogP contribution in [0, 0.1) is 17.6 Å². The fraction of sp³-hybridized carbons (Fsp3) is 0.444. The van der Waals surface area contributed by atoms with E-state index in [4.69, 9.17) is 0 Å². The van der Waals surface area contributed by atoms with Crippen molar-refractivity contribution in [3.8, 4) is 10.6 Å². The smallest absolute Gasteiger partial charge is 0.263 e. The predicted octanol–water partition coefficient (Wildman–Crippen LogP) is 3.30. The molecule has 1 aromatic heterocycles. The molecule has 7 heteroatoms. The second kappa shape index (κ2) is 6.46. The number of benzene rings is 1. The third-order valence-corrected chi connectivity index (χ3v) is 6.39. The molecule has 0 aliphatic carbocycles. The summed E-state index contributed by atoms with van der Waals surface area (Å²) in [5, 5.41) is 3.44. The second-order valence-electron chi connectivity index (χ2n) is 6.77. The first kappa shape index (κ1) is 16.6. The van der Waals surface area contributed by atoms with Crippen LogP contribution in [0.2, 0.25) is 0 Å². The summed E-state index contributed by atoms with van der Waals surface area (Å²) in [6.07, 6.45) is 3.65. The molecule has 132 valence electrons. The molecule has 3 aliphatic rings. The highest BCUT2D eigenvalue weighted by Gasteiger charge is 2.40. The topological polar surface area (TPSA) is 45.2 Å². The van der Waals surface area contributed by atoms with Gasteiger partial charge in [-0.2, -0.15) is 0 Å². The van der Waals surface area contributed by atoms with Crippen LogP contribution in [0.15, 0.2) is 24.4 Å². The number of carbonyl (C=O) groups is 1. The molecule has 25 heavy (non-hydrogen) atoms. The molecule has 4 heterocycles. The number of thiazole rings is 1. The zero-order valence-corrected chi connectivity index (χ0v) is 14.7. The van der Waals surface area contributed by atoms with Gasteiger partial charge in [-0.25, -0.2) is 13.8 Å². The Morgan fingerprint density at radius 2 is 2.08 bits per heavy atom. The Hall–Kier alpha value is -1.86. The number of halogens is 2. The van der Waals surface area contributed by atoms with Gasteiger partial charge in [-0.1, -0.05) is 0 Å². The summed E-state index contributed by atoms with van der Waals surface area (Å²) in [4.78, 5) is 19.5. The molecule has 3 fully saturated rings. The molecular formula is C18H19F2N3OS. The van der Waals surface area contributed by atoms with E-state index in [1.807, 2.05) is 0 Å². The van der Waals surface area contributed by atoms with Gasteiger partial charge >= 0.3 is 0 Å². The van der Waals surface area contributed by atoms with E-state index in [2.05, 4.69) is 22.1 Å². The van der Waals surface area contributed by atoms with Crippen LogP contribution < -0.4 is 5.32 Å². The van der Waals surface area contributed by atoms with Crippen molar-refractivity contribution in [3.05, 3.63) is 40.9 Å². The van der Waals surface area contributed by atoms with Crippen molar-refractivity contribution >= 4 is 17.2 Å². The van der Waals surface area contributed by atoms with Gasteiger partial charge in [0, 0.05) is 17.6 Å². The summed E-state index contributed by atoms with van der Waals surface area (Å²) < 4.78 is 27.2. The molecule has 1 amide bonds. The van der Waals surface area contributed by atoms with Crippen LogP contribution in [0.1, 0.15) is 29.4 Å². The summed E-state index contributed by atoms with van der Waals surface area (Å²) >= 11 is 1.08. The van der Waals surface area contributed by atoms with Gasteiger partial charge in [0.1, 0.15) is 21.5 Å². The van der Waals surface area contributed by atoms with E-state index in [0.29, 0.717) is 21.8 Å². The number of carbonyl (C=O) groups excluding carboxylic acids is 1. The molecule has 0 unspecified atom stereocenters. The van der Waals surface area contributed by atoms with E-state index in [1.165, 1.54) is 6.20 Å². The maximum atomic E-state index is 13.9. The highest BCUT2D eigenvalue weighted by atomic mass is 32.1. The normalized spacial score (nSPS) is 28.1. The first-order chi connectivity index (χ1) is 12.0. The number of rotatable bonds is 3. The van der Waals surface area contributed by atoms with Gasteiger partial charge in [-0.3, -0.25) is 9.69 Å². The number of hydrogen-bond donors (Lipinski definition) is 1. The van der Waals surface area contributed by atoms with Gasteiger partial charge in [0.25, 0.3) is 5.91 Å². The minimum atomic E-state index is -0.547. The maximum absolute atomic E-state index is 13.9. The van der Waals surface area contributed by atoms with Gasteiger partial charge in [-0.05, 0) is 57.0 Å². The van der Waals surface area contributed by atoms with E-state index >= 15 is 0 Å². The van der Waals surface area contributed by atoms with Crippen molar-refractivity contribution in [2.75, 3.05) is 13.1 Å². The molecule has 3 aliphatic heterocycles. The van der Waals surface area contributed by atoms with Crippen molar-refractivity contribution in [3.63, 3.8) is 0 Å². The quantitative estimate of drug-likeness (QED) is 0.910. The number of aromatic nitrogens is 1. The molecule has 3 saturated heterocycles. The van der Waals surface area contributed by atoms with Crippen LogP contribution in [0.4, 0.5) is 8.78 Å². The van der Waals surface area contributed by atoms with E-state index in [9.17, 15) is 13.6 Å². The Balaban J connectivity index is 1.52. The van der Waals surface area contributed by atoms with Gasteiger partial charge in [0.05, 0.1) is 6.20 Å². The first-order valence-electron chi connectivity index (χ1n) is 8.49. The lowest BCUT2D eigenvalue weighted by atomic mass is 9.79. The largest absolute Gasteiger partial charge is 0.347 e. The number of amides is 1. The Bertz CT molecular complexity index is 799. The summed E-state index contributed by atoms with van der Waals surface area (Å²) in [6.45, 7) is 4.35. The lowest BCUT2D eigenvalue weighted by molar-refractivity contribution is 0.0218. The molecule has 4 nitrogen and oxygen atoms in total. The highest BCUT2D eigenvalue weighted by Crippen LogP contribution is 2.33. The number of piperidine rings is 3. The summed E-state index contributed by atoms with van der Waals surface area (Å²) in [5.74, 6) is -0.754. The molecule has 2 aromatic rings. The summed E-state index contributed by atoms with van der Waals surface area (Å²) in [6, 6.07) is 3.69. The van der Waals surface area contributed by atoms with Gasteiger partial charge < -0.3 is 5.32 Å². The fourth-order valence-electron chi connectivity index (χ4n) is 3.93. The monoisotopic (exact) mass is 363 g/mol. The van der Waals surface area contributed by atoms with Crippen LogP contribution in [0.5, 0.6) is 0 Å². The molecule has 2 atom stereocenters. The van der Waals surface area contributed by atoms with Crippen molar-refractivity contribution in [1.29, 1.82) is 0 Å². The Morgan fingerprint density at radius 1 is 1.32 bits per heavy atom. The number of nitrogens with zero attached hydrogens (tertiary/aromatic N) is 2. The first-order valence-corrected chi connectivity index (χ1v) is 9.31. The third-order valence-electron chi connectivity index (χ3n) is 5.36. The average molecular weight is 363 g/mol. The van der Waals surface area contributed by atoms with Crippen molar-refractivity contribution in [1.82, 2.24) is 15.2 Å². The zero-order chi connectivity index (χ0) is 17.6. The standard InChI is InChI=1S/C18H19F2N3OS/c1-10-16(11-4-6-23(10)7-5-11)22-17(24)15-9-21-18(25-15)13-8-12(19)2-3-14(13)20/h2-3,8-11,16H,4-7H2,1H3,(H,22,24)/t10-,16+/m1/s1. The van der Waals surface area contributed by atoms with Crippen molar-refractivity contribution in [2.24, 2.45) is 5.92 Å². The molecule has 0 saturated carbocycles. The number of nitrogens with one attached hydrogen (secondary N) is 1. The van der Waals surface area contributed by atoms with E-state index in [1.54, 1.807) is 0 Å². The molecule has 1 N–H and O–H groups in total. The summed E-state index contributed by atoms with van der Waals surface area (Å²) in [5.41, 5.74) is 0.0836. The SMILES string of the molecule is C[C@@H]1[C@H](NC(=O)c2cnc(-c3cc(F)ccc3F)s2)C2CCN1CC2. The number of fused-ring (bicyclic) bond motifs is 3. The molecular weight excluding hydrogens is 344 g/mol. The zero-order valence-electron chi connectivity index (χ0n) is 13.8. The maximum Gasteiger partial charge on any atom is 0.263 e. The van der Waals surface area contributed by atoms with E-state index < -0.39 is 11.6 Å². The molecule has 5 rings (SSSR count). The minimum Gasteiger partial charge on any atom is -0.347 e.